The summed E-state index contributed by atoms with van der Waals surface area (Å²) in [6.07, 6.45) is 2.23. The summed E-state index contributed by atoms with van der Waals surface area (Å²) in [5.74, 6) is 0.826. The molecule has 1 aliphatic heterocycles. The van der Waals surface area contributed by atoms with Gasteiger partial charge in [0.2, 0.25) is 0 Å². The van der Waals surface area contributed by atoms with Crippen molar-refractivity contribution in [2.75, 3.05) is 24.7 Å². The number of fused-ring (bicyclic) bond motifs is 1. The Bertz CT molecular complexity index is 864. The molecule has 0 spiro atoms. The molecule has 2 aromatic rings. The summed E-state index contributed by atoms with van der Waals surface area (Å²) < 4.78 is 23.0. The van der Waals surface area contributed by atoms with Gasteiger partial charge in [-0.3, -0.25) is 4.99 Å². The third-order valence-electron chi connectivity index (χ3n) is 4.16. The SMILES string of the molecule is CN=C(NCc1ccc(S(C)(=O)=O)cc1)N1CCc2ccccc21.I. The molecule has 25 heavy (non-hydrogen) atoms. The van der Waals surface area contributed by atoms with Crippen LogP contribution in [0.2, 0.25) is 0 Å². The standard InChI is InChI=1S/C18H21N3O2S.HI/c1-19-18(21-12-11-15-5-3-4-6-17(15)21)20-13-14-7-9-16(10-8-14)24(2,22)23;/h3-10H,11-13H2,1-2H3,(H,19,20);1H. The van der Waals surface area contributed by atoms with E-state index in [1.54, 1.807) is 19.2 Å². The molecule has 1 heterocycles. The van der Waals surface area contributed by atoms with E-state index >= 15 is 0 Å². The lowest BCUT2D eigenvalue weighted by molar-refractivity contribution is 0.602. The summed E-state index contributed by atoms with van der Waals surface area (Å²) in [4.78, 5) is 6.89. The predicted octanol–water partition coefficient (Wildman–Crippen LogP) is 2.85. The molecule has 7 heteroatoms. The van der Waals surface area contributed by atoms with Crippen LogP contribution in [0.5, 0.6) is 0 Å². The summed E-state index contributed by atoms with van der Waals surface area (Å²) in [5, 5.41) is 3.35. The van der Waals surface area contributed by atoms with Crippen molar-refractivity contribution in [3.05, 3.63) is 59.7 Å². The van der Waals surface area contributed by atoms with Gasteiger partial charge in [0, 0.05) is 32.1 Å². The van der Waals surface area contributed by atoms with Crippen LogP contribution in [0.15, 0.2) is 58.4 Å². The zero-order valence-corrected chi connectivity index (χ0v) is 17.4. The maximum Gasteiger partial charge on any atom is 0.198 e. The summed E-state index contributed by atoms with van der Waals surface area (Å²) in [5.41, 5.74) is 3.53. The van der Waals surface area contributed by atoms with Crippen molar-refractivity contribution in [2.45, 2.75) is 17.9 Å². The van der Waals surface area contributed by atoms with Crippen molar-refractivity contribution in [1.29, 1.82) is 0 Å². The Morgan fingerprint density at radius 2 is 1.84 bits per heavy atom. The number of hydrogen-bond donors (Lipinski definition) is 1. The lowest BCUT2D eigenvalue weighted by atomic mass is 10.2. The van der Waals surface area contributed by atoms with E-state index in [1.165, 1.54) is 17.5 Å². The van der Waals surface area contributed by atoms with E-state index in [0.717, 1.165) is 24.5 Å². The maximum atomic E-state index is 11.5. The Hall–Kier alpha value is -1.61. The first-order valence-electron chi connectivity index (χ1n) is 7.84. The number of guanidine groups is 1. The zero-order chi connectivity index (χ0) is 17.2. The lowest BCUT2D eigenvalue weighted by Crippen LogP contribution is -2.40. The van der Waals surface area contributed by atoms with Crippen LogP contribution in [0.3, 0.4) is 0 Å². The molecule has 0 fully saturated rings. The molecule has 3 rings (SSSR count). The molecule has 5 nitrogen and oxygen atoms in total. The van der Waals surface area contributed by atoms with Crippen LogP contribution in [-0.2, 0) is 22.8 Å². The number of halogens is 1. The molecule has 0 bridgehead atoms. The smallest absolute Gasteiger partial charge is 0.198 e. The first-order valence-corrected chi connectivity index (χ1v) is 9.73. The number of anilines is 1. The molecule has 0 aliphatic carbocycles. The fourth-order valence-corrected chi connectivity index (χ4v) is 3.52. The van der Waals surface area contributed by atoms with Crippen molar-refractivity contribution in [2.24, 2.45) is 4.99 Å². The minimum atomic E-state index is -3.15. The van der Waals surface area contributed by atoms with E-state index in [9.17, 15) is 8.42 Å². The van der Waals surface area contributed by atoms with Gasteiger partial charge >= 0.3 is 0 Å². The number of aliphatic imine (C=N–C) groups is 1. The van der Waals surface area contributed by atoms with E-state index in [2.05, 4.69) is 33.4 Å². The first kappa shape index (κ1) is 19.7. The van der Waals surface area contributed by atoms with Crippen LogP contribution in [-0.4, -0.2) is 34.2 Å². The molecular weight excluding hydrogens is 449 g/mol. The van der Waals surface area contributed by atoms with Crippen molar-refractivity contribution in [3.8, 4) is 0 Å². The highest BCUT2D eigenvalue weighted by Gasteiger charge is 2.22. The van der Waals surface area contributed by atoms with Crippen LogP contribution in [0.1, 0.15) is 11.1 Å². The van der Waals surface area contributed by atoms with Gasteiger partial charge in [-0.1, -0.05) is 30.3 Å². The van der Waals surface area contributed by atoms with E-state index in [0.29, 0.717) is 11.4 Å². The van der Waals surface area contributed by atoms with Gasteiger partial charge in [-0.2, -0.15) is 0 Å². The van der Waals surface area contributed by atoms with E-state index < -0.39 is 9.84 Å². The molecule has 0 saturated carbocycles. The number of nitrogens with zero attached hydrogens (tertiary/aromatic N) is 2. The average molecular weight is 471 g/mol. The summed E-state index contributed by atoms with van der Waals surface area (Å²) in [6.45, 7) is 1.50. The quantitative estimate of drug-likeness (QED) is 0.425. The molecule has 0 saturated heterocycles. The highest BCUT2D eigenvalue weighted by Crippen LogP contribution is 2.27. The minimum Gasteiger partial charge on any atom is -0.352 e. The van der Waals surface area contributed by atoms with E-state index in [-0.39, 0.29) is 24.0 Å². The van der Waals surface area contributed by atoms with Crippen LogP contribution in [0, 0.1) is 0 Å². The number of sulfone groups is 1. The molecular formula is C18H22IN3O2S. The highest BCUT2D eigenvalue weighted by molar-refractivity contribution is 14.0. The van der Waals surface area contributed by atoms with Crippen LogP contribution in [0.25, 0.3) is 0 Å². The number of rotatable bonds is 3. The molecule has 1 N–H and O–H groups in total. The van der Waals surface area contributed by atoms with Gasteiger partial charge < -0.3 is 10.2 Å². The van der Waals surface area contributed by atoms with Crippen molar-refractivity contribution in [3.63, 3.8) is 0 Å². The summed E-state index contributed by atoms with van der Waals surface area (Å²) in [6, 6.07) is 15.3. The Balaban J connectivity index is 0.00000225. The van der Waals surface area contributed by atoms with Gasteiger partial charge in [0.15, 0.2) is 15.8 Å². The third kappa shape index (κ3) is 4.52. The molecule has 0 unspecified atom stereocenters. The molecule has 1 aliphatic rings. The van der Waals surface area contributed by atoms with Crippen molar-refractivity contribution < 1.29 is 8.42 Å². The Labute approximate surface area is 166 Å². The van der Waals surface area contributed by atoms with Gasteiger partial charge in [0.1, 0.15) is 0 Å². The number of benzene rings is 2. The van der Waals surface area contributed by atoms with E-state index in [4.69, 9.17) is 0 Å². The maximum absolute atomic E-state index is 11.5. The third-order valence-corrected chi connectivity index (χ3v) is 5.29. The van der Waals surface area contributed by atoms with Gasteiger partial charge in [-0.15, -0.1) is 24.0 Å². The van der Waals surface area contributed by atoms with Crippen molar-refractivity contribution in [1.82, 2.24) is 5.32 Å². The Morgan fingerprint density at radius 1 is 1.16 bits per heavy atom. The largest absolute Gasteiger partial charge is 0.352 e. The first-order chi connectivity index (χ1) is 11.5. The van der Waals surface area contributed by atoms with Gasteiger partial charge in [-0.05, 0) is 35.7 Å². The Kier molecular flexibility index (Phi) is 6.45. The van der Waals surface area contributed by atoms with Crippen LogP contribution in [0.4, 0.5) is 5.69 Å². The molecule has 0 atom stereocenters. The fraction of sp³-hybridized carbons (Fsp3) is 0.278. The second kappa shape index (κ2) is 8.18. The topological polar surface area (TPSA) is 61.8 Å². The van der Waals surface area contributed by atoms with Crippen LogP contribution < -0.4 is 10.2 Å². The normalized spacial score (nSPS) is 14.0. The molecule has 0 aromatic heterocycles. The Morgan fingerprint density at radius 3 is 2.48 bits per heavy atom. The van der Waals surface area contributed by atoms with Crippen LogP contribution >= 0.6 is 24.0 Å². The average Bonchev–Trinajstić information content (AvgIpc) is 2.99. The van der Waals surface area contributed by atoms with Gasteiger partial charge in [-0.25, -0.2) is 8.42 Å². The number of nitrogens with one attached hydrogen (secondary N) is 1. The molecule has 0 amide bonds. The minimum absolute atomic E-state index is 0. The van der Waals surface area contributed by atoms with Crippen molar-refractivity contribution >= 4 is 45.5 Å². The zero-order valence-electron chi connectivity index (χ0n) is 14.3. The highest BCUT2D eigenvalue weighted by atomic mass is 127. The fourth-order valence-electron chi connectivity index (χ4n) is 2.89. The second-order valence-corrected chi connectivity index (χ2v) is 7.86. The number of hydrogen-bond acceptors (Lipinski definition) is 3. The molecule has 2 aromatic carbocycles. The summed E-state index contributed by atoms with van der Waals surface area (Å²) in [7, 11) is -1.38. The number of para-hydroxylation sites is 1. The predicted molar refractivity (Wildman–Crippen MR) is 113 cm³/mol. The monoisotopic (exact) mass is 471 g/mol. The van der Waals surface area contributed by atoms with E-state index in [1.807, 2.05) is 18.2 Å². The van der Waals surface area contributed by atoms with Gasteiger partial charge in [0.25, 0.3) is 0 Å². The molecule has 0 radical (unpaired) electrons. The summed E-state index contributed by atoms with van der Waals surface area (Å²) >= 11 is 0. The second-order valence-electron chi connectivity index (χ2n) is 5.85. The van der Waals surface area contributed by atoms with Gasteiger partial charge in [0.05, 0.1) is 4.90 Å². The lowest BCUT2D eigenvalue weighted by Gasteiger charge is -2.22. The molecule has 134 valence electrons.